The highest BCUT2D eigenvalue weighted by atomic mass is 16.5. The van der Waals surface area contributed by atoms with Gasteiger partial charge >= 0.3 is 0 Å². The smallest absolute Gasteiger partial charge is 0.261 e. The number of carbonyl (C=O) groups is 1. The molecule has 1 rings (SSSR count). The maximum absolute atomic E-state index is 12.2. The van der Waals surface area contributed by atoms with Crippen LogP contribution in [0.3, 0.4) is 0 Å². The zero-order chi connectivity index (χ0) is 14.8. The van der Waals surface area contributed by atoms with Crippen LogP contribution in [-0.4, -0.2) is 18.1 Å². The summed E-state index contributed by atoms with van der Waals surface area (Å²) < 4.78 is 5.74. The molecule has 0 saturated carbocycles. The van der Waals surface area contributed by atoms with Crippen molar-refractivity contribution in [1.82, 2.24) is 5.32 Å². The van der Waals surface area contributed by atoms with Crippen molar-refractivity contribution in [2.24, 2.45) is 0 Å². The van der Waals surface area contributed by atoms with Crippen LogP contribution in [0.1, 0.15) is 52.9 Å². The van der Waals surface area contributed by atoms with E-state index in [0.717, 1.165) is 18.6 Å². The maximum Gasteiger partial charge on any atom is 0.261 e. The molecule has 3 nitrogen and oxygen atoms in total. The maximum atomic E-state index is 12.2. The van der Waals surface area contributed by atoms with Crippen LogP contribution in [0, 0.1) is 0 Å². The molecule has 1 aromatic rings. The minimum atomic E-state index is -0.411. The summed E-state index contributed by atoms with van der Waals surface area (Å²) in [5.41, 5.74) is 0. The van der Waals surface area contributed by atoms with E-state index in [4.69, 9.17) is 4.74 Å². The van der Waals surface area contributed by atoms with Crippen molar-refractivity contribution < 1.29 is 9.53 Å². The summed E-state index contributed by atoms with van der Waals surface area (Å²) in [6.45, 7) is 6.21. The van der Waals surface area contributed by atoms with Gasteiger partial charge in [0.25, 0.3) is 5.91 Å². The summed E-state index contributed by atoms with van der Waals surface area (Å²) in [7, 11) is 0. The molecule has 0 heterocycles. The number of benzene rings is 1. The number of hydrogen-bond acceptors (Lipinski definition) is 2. The molecule has 0 aliphatic carbocycles. The molecule has 0 bridgehead atoms. The Balaban J connectivity index is 2.42. The van der Waals surface area contributed by atoms with Crippen LogP contribution in [0.15, 0.2) is 30.3 Å². The number of hydrogen-bond donors (Lipinski definition) is 1. The first kappa shape index (κ1) is 16.5. The Morgan fingerprint density at radius 3 is 2.50 bits per heavy atom. The fraction of sp³-hybridized carbons (Fsp3) is 0.588. The third kappa shape index (κ3) is 6.09. The minimum Gasteiger partial charge on any atom is -0.481 e. The average molecular weight is 277 g/mol. The highest BCUT2D eigenvalue weighted by Gasteiger charge is 2.19. The van der Waals surface area contributed by atoms with Gasteiger partial charge in [-0.25, -0.2) is 0 Å². The van der Waals surface area contributed by atoms with Gasteiger partial charge in [0.1, 0.15) is 5.75 Å². The van der Waals surface area contributed by atoms with Crippen molar-refractivity contribution in [2.75, 3.05) is 0 Å². The third-order valence-electron chi connectivity index (χ3n) is 3.31. The summed E-state index contributed by atoms with van der Waals surface area (Å²) in [6.07, 6.45) is 4.87. The Bertz CT molecular complexity index is 378. The summed E-state index contributed by atoms with van der Waals surface area (Å²) in [6, 6.07) is 9.72. The first-order chi connectivity index (χ1) is 9.67. The number of ether oxygens (including phenoxy) is 1. The van der Waals surface area contributed by atoms with Gasteiger partial charge in [0.15, 0.2) is 6.10 Å². The van der Waals surface area contributed by atoms with Crippen LogP contribution in [0.25, 0.3) is 0 Å². The second-order valence-electron chi connectivity index (χ2n) is 5.23. The van der Waals surface area contributed by atoms with Gasteiger partial charge in [-0.1, -0.05) is 51.3 Å². The Hall–Kier alpha value is -1.51. The highest BCUT2D eigenvalue weighted by molar-refractivity contribution is 5.81. The summed E-state index contributed by atoms with van der Waals surface area (Å²) in [5, 5.41) is 3.05. The Morgan fingerprint density at radius 1 is 1.20 bits per heavy atom. The molecule has 3 heteroatoms. The lowest BCUT2D eigenvalue weighted by atomic mass is 10.1. The first-order valence-corrected chi connectivity index (χ1v) is 7.69. The van der Waals surface area contributed by atoms with E-state index in [1.807, 2.05) is 37.3 Å². The molecule has 0 fully saturated rings. The molecule has 1 N–H and O–H groups in total. The van der Waals surface area contributed by atoms with Crippen LogP contribution >= 0.6 is 0 Å². The van der Waals surface area contributed by atoms with Gasteiger partial charge in [0, 0.05) is 6.04 Å². The van der Waals surface area contributed by atoms with E-state index in [-0.39, 0.29) is 11.9 Å². The number of nitrogens with one attached hydrogen (secondary N) is 1. The van der Waals surface area contributed by atoms with Crippen molar-refractivity contribution >= 4 is 5.91 Å². The van der Waals surface area contributed by atoms with Crippen LogP contribution in [0.5, 0.6) is 5.75 Å². The van der Waals surface area contributed by atoms with E-state index < -0.39 is 6.10 Å². The zero-order valence-corrected chi connectivity index (χ0v) is 12.9. The number of carbonyl (C=O) groups excluding carboxylic acids is 1. The van der Waals surface area contributed by atoms with E-state index in [1.54, 1.807) is 0 Å². The van der Waals surface area contributed by atoms with Crippen molar-refractivity contribution in [3.8, 4) is 5.75 Å². The molecular formula is C17H27NO2. The molecule has 20 heavy (non-hydrogen) atoms. The first-order valence-electron chi connectivity index (χ1n) is 7.69. The van der Waals surface area contributed by atoms with Gasteiger partial charge < -0.3 is 10.1 Å². The standard InChI is InChI=1S/C17H27NO2/c1-4-6-8-11-14(3)18-17(19)16(5-2)20-15-12-9-7-10-13-15/h7,9-10,12-14,16H,4-6,8,11H2,1-3H3,(H,18,19)/t14-,16-/m1/s1. The van der Waals surface area contributed by atoms with Gasteiger partial charge in [0.05, 0.1) is 0 Å². The van der Waals surface area contributed by atoms with E-state index in [9.17, 15) is 4.79 Å². The van der Waals surface area contributed by atoms with Crippen molar-refractivity contribution in [3.63, 3.8) is 0 Å². The molecular weight excluding hydrogens is 250 g/mol. The SMILES string of the molecule is CCCCC[C@@H](C)NC(=O)[C@@H](CC)Oc1ccccc1. The lowest BCUT2D eigenvalue weighted by Gasteiger charge is -2.20. The Kier molecular flexibility index (Phi) is 7.78. The quantitative estimate of drug-likeness (QED) is 0.695. The van der Waals surface area contributed by atoms with Gasteiger partial charge in [-0.05, 0) is 31.9 Å². The number of para-hydroxylation sites is 1. The summed E-state index contributed by atoms with van der Waals surface area (Å²) >= 11 is 0. The van der Waals surface area contributed by atoms with Crippen LogP contribution < -0.4 is 10.1 Å². The second kappa shape index (κ2) is 9.40. The van der Waals surface area contributed by atoms with E-state index in [0.29, 0.717) is 6.42 Å². The predicted octanol–water partition coefficient (Wildman–Crippen LogP) is 3.93. The molecule has 1 aromatic carbocycles. The lowest BCUT2D eigenvalue weighted by molar-refractivity contribution is -0.128. The lowest BCUT2D eigenvalue weighted by Crippen LogP contribution is -2.42. The largest absolute Gasteiger partial charge is 0.481 e. The van der Waals surface area contributed by atoms with Crippen LogP contribution in [-0.2, 0) is 4.79 Å². The fourth-order valence-electron chi connectivity index (χ4n) is 2.09. The van der Waals surface area contributed by atoms with E-state index >= 15 is 0 Å². The predicted molar refractivity (Wildman–Crippen MR) is 82.9 cm³/mol. The Morgan fingerprint density at radius 2 is 1.90 bits per heavy atom. The van der Waals surface area contributed by atoms with Crippen molar-refractivity contribution in [2.45, 2.75) is 65.0 Å². The van der Waals surface area contributed by atoms with Crippen molar-refractivity contribution in [3.05, 3.63) is 30.3 Å². The Labute approximate surface area is 122 Å². The molecule has 0 radical (unpaired) electrons. The summed E-state index contributed by atoms with van der Waals surface area (Å²) in [5.74, 6) is 0.730. The molecule has 0 aromatic heterocycles. The number of unbranched alkanes of at least 4 members (excludes halogenated alkanes) is 2. The topological polar surface area (TPSA) is 38.3 Å². The summed E-state index contributed by atoms with van der Waals surface area (Å²) in [4.78, 5) is 12.2. The third-order valence-corrected chi connectivity index (χ3v) is 3.31. The van der Waals surface area contributed by atoms with Gasteiger partial charge in [0.2, 0.25) is 0 Å². The number of amides is 1. The number of rotatable bonds is 9. The normalized spacial score (nSPS) is 13.6. The van der Waals surface area contributed by atoms with Crippen LogP contribution in [0.2, 0.25) is 0 Å². The van der Waals surface area contributed by atoms with E-state index in [1.165, 1.54) is 12.8 Å². The fourth-order valence-corrected chi connectivity index (χ4v) is 2.09. The monoisotopic (exact) mass is 277 g/mol. The highest BCUT2D eigenvalue weighted by Crippen LogP contribution is 2.13. The molecule has 0 spiro atoms. The molecule has 0 saturated heterocycles. The van der Waals surface area contributed by atoms with E-state index in [2.05, 4.69) is 19.2 Å². The molecule has 0 unspecified atom stereocenters. The minimum absolute atomic E-state index is 0.0136. The molecule has 1 amide bonds. The molecule has 112 valence electrons. The zero-order valence-electron chi connectivity index (χ0n) is 12.9. The molecule has 2 atom stereocenters. The second-order valence-corrected chi connectivity index (χ2v) is 5.23. The van der Waals surface area contributed by atoms with Crippen LogP contribution in [0.4, 0.5) is 0 Å². The average Bonchev–Trinajstić information content (AvgIpc) is 2.46. The van der Waals surface area contributed by atoms with Gasteiger partial charge in [-0.2, -0.15) is 0 Å². The molecule has 0 aliphatic heterocycles. The van der Waals surface area contributed by atoms with Crippen molar-refractivity contribution in [1.29, 1.82) is 0 Å². The van der Waals surface area contributed by atoms with Gasteiger partial charge in [-0.3, -0.25) is 4.79 Å². The van der Waals surface area contributed by atoms with Gasteiger partial charge in [-0.15, -0.1) is 0 Å². The molecule has 0 aliphatic rings.